The summed E-state index contributed by atoms with van der Waals surface area (Å²) < 4.78 is 33.1. The third kappa shape index (κ3) is 5.99. The van der Waals surface area contributed by atoms with Crippen molar-refractivity contribution in [3.05, 3.63) is 57.0 Å². The number of halogens is 3. The second-order valence-electron chi connectivity index (χ2n) is 5.82. The predicted octanol–water partition coefficient (Wildman–Crippen LogP) is 4.03. The first-order valence-corrected chi connectivity index (χ1v) is 10.9. The lowest BCUT2D eigenvalue weighted by atomic mass is 10.2. The van der Waals surface area contributed by atoms with Crippen LogP contribution in [-0.2, 0) is 21.4 Å². The molecule has 6 nitrogen and oxygen atoms in total. The lowest BCUT2D eigenvalue weighted by molar-refractivity contribution is -0.122. The highest BCUT2D eigenvalue weighted by molar-refractivity contribution is 7.89. The molecule has 1 unspecified atom stereocenters. The minimum absolute atomic E-state index is 0.127. The SMILES string of the molecule is CCOc1ccc(Cl)cc1S(=O)(=O)NC(C)C(=O)NCc1ccc(Cl)cc1Cl. The van der Waals surface area contributed by atoms with Crippen LogP contribution in [0.3, 0.4) is 0 Å². The van der Waals surface area contributed by atoms with E-state index < -0.39 is 22.0 Å². The predicted molar refractivity (Wildman–Crippen MR) is 111 cm³/mol. The average molecular weight is 466 g/mol. The highest BCUT2D eigenvalue weighted by atomic mass is 35.5. The zero-order valence-electron chi connectivity index (χ0n) is 15.1. The Morgan fingerprint density at radius 1 is 1.11 bits per heavy atom. The minimum Gasteiger partial charge on any atom is -0.492 e. The molecule has 2 rings (SSSR count). The number of nitrogens with one attached hydrogen (secondary N) is 2. The maximum Gasteiger partial charge on any atom is 0.245 e. The van der Waals surface area contributed by atoms with Crippen LogP contribution in [-0.4, -0.2) is 27.0 Å². The zero-order chi connectivity index (χ0) is 20.9. The van der Waals surface area contributed by atoms with Gasteiger partial charge in [0.15, 0.2) is 0 Å². The fourth-order valence-corrected chi connectivity index (χ4v) is 4.40. The molecule has 28 heavy (non-hydrogen) atoms. The molecule has 1 atom stereocenters. The molecule has 2 N–H and O–H groups in total. The van der Waals surface area contributed by atoms with Crippen molar-refractivity contribution >= 4 is 50.7 Å². The van der Waals surface area contributed by atoms with Crippen LogP contribution in [0.5, 0.6) is 5.75 Å². The van der Waals surface area contributed by atoms with Crippen molar-refractivity contribution in [2.24, 2.45) is 0 Å². The van der Waals surface area contributed by atoms with E-state index in [-0.39, 0.29) is 28.8 Å². The first-order chi connectivity index (χ1) is 13.1. The summed E-state index contributed by atoms with van der Waals surface area (Å²) in [6.07, 6.45) is 0. The Balaban J connectivity index is 2.09. The normalized spacial score (nSPS) is 12.5. The van der Waals surface area contributed by atoms with Gasteiger partial charge in [-0.15, -0.1) is 0 Å². The van der Waals surface area contributed by atoms with Crippen LogP contribution in [0.2, 0.25) is 15.1 Å². The van der Waals surface area contributed by atoms with Crippen molar-refractivity contribution < 1.29 is 17.9 Å². The summed E-state index contributed by atoms with van der Waals surface area (Å²) in [5, 5.41) is 3.75. The van der Waals surface area contributed by atoms with Gasteiger partial charge < -0.3 is 10.1 Å². The van der Waals surface area contributed by atoms with Crippen molar-refractivity contribution in [1.29, 1.82) is 0 Å². The Labute approximate surface area is 179 Å². The van der Waals surface area contributed by atoms with Crippen LogP contribution >= 0.6 is 34.8 Å². The van der Waals surface area contributed by atoms with Crippen LogP contribution < -0.4 is 14.8 Å². The van der Waals surface area contributed by atoms with Gasteiger partial charge in [-0.25, -0.2) is 8.42 Å². The average Bonchev–Trinajstić information content (AvgIpc) is 2.62. The Morgan fingerprint density at radius 3 is 2.39 bits per heavy atom. The number of sulfonamides is 1. The van der Waals surface area contributed by atoms with Gasteiger partial charge in [0, 0.05) is 21.6 Å². The van der Waals surface area contributed by atoms with Crippen molar-refractivity contribution in [3.8, 4) is 5.75 Å². The summed E-state index contributed by atoms with van der Waals surface area (Å²) in [4.78, 5) is 12.2. The van der Waals surface area contributed by atoms with Crippen LogP contribution in [0, 0.1) is 0 Å². The third-order valence-electron chi connectivity index (χ3n) is 3.69. The first kappa shape index (κ1) is 22.8. The summed E-state index contributed by atoms with van der Waals surface area (Å²) in [6.45, 7) is 3.57. The fraction of sp³-hybridized carbons (Fsp3) is 0.278. The van der Waals surface area contributed by atoms with Gasteiger partial charge in [-0.05, 0) is 49.7 Å². The lowest BCUT2D eigenvalue weighted by Gasteiger charge is -2.17. The fourth-order valence-electron chi connectivity index (χ4n) is 2.32. The molecule has 0 bridgehead atoms. The maximum absolute atomic E-state index is 12.7. The highest BCUT2D eigenvalue weighted by Crippen LogP contribution is 2.27. The van der Waals surface area contributed by atoms with E-state index in [0.717, 1.165) is 0 Å². The Morgan fingerprint density at radius 2 is 1.75 bits per heavy atom. The van der Waals surface area contributed by atoms with Gasteiger partial charge in [0.05, 0.1) is 12.6 Å². The summed E-state index contributed by atoms with van der Waals surface area (Å²) in [5.74, 6) is -0.366. The van der Waals surface area contributed by atoms with Gasteiger partial charge in [0.1, 0.15) is 10.6 Å². The van der Waals surface area contributed by atoms with Gasteiger partial charge in [-0.2, -0.15) is 4.72 Å². The molecule has 0 aliphatic heterocycles. The molecular weight excluding hydrogens is 447 g/mol. The smallest absolute Gasteiger partial charge is 0.245 e. The number of benzene rings is 2. The van der Waals surface area contributed by atoms with E-state index >= 15 is 0 Å². The van der Waals surface area contributed by atoms with E-state index in [1.807, 2.05) is 0 Å². The topological polar surface area (TPSA) is 84.5 Å². The second kappa shape index (κ2) is 9.80. The van der Waals surface area contributed by atoms with E-state index in [4.69, 9.17) is 39.5 Å². The van der Waals surface area contributed by atoms with Crippen LogP contribution in [0.25, 0.3) is 0 Å². The second-order valence-corrected chi connectivity index (χ2v) is 8.78. The largest absolute Gasteiger partial charge is 0.492 e. The summed E-state index contributed by atoms with van der Waals surface area (Å²) in [7, 11) is -4.04. The van der Waals surface area contributed by atoms with E-state index in [1.165, 1.54) is 25.1 Å². The molecule has 0 fully saturated rings. The molecule has 1 amide bonds. The summed E-state index contributed by atoms with van der Waals surface area (Å²) in [6, 6.07) is 8.11. The number of carbonyl (C=O) groups excluding carboxylic acids is 1. The molecule has 0 saturated carbocycles. The van der Waals surface area contributed by atoms with Gasteiger partial charge in [-0.1, -0.05) is 40.9 Å². The number of hydrogen-bond acceptors (Lipinski definition) is 4. The highest BCUT2D eigenvalue weighted by Gasteiger charge is 2.25. The molecule has 10 heteroatoms. The van der Waals surface area contributed by atoms with Crippen molar-refractivity contribution in [2.75, 3.05) is 6.61 Å². The molecule has 0 aliphatic carbocycles. The zero-order valence-corrected chi connectivity index (χ0v) is 18.2. The standard InChI is InChI=1S/C18H19Cl3N2O4S/c1-3-27-16-7-6-14(20)9-17(16)28(25,26)23-11(2)18(24)22-10-12-4-5-13(19)8-15(12)21/h4-9,11,23H,3,10H2,1-2H3,(H,22,24). The van der Waals surface area contributed by atoms with Crippen molar-refractivity contribution in [3.63, 3.8) is 0 Å². The molecule has 0 saturated heterocycles. The van der Waals surface area contributed by atoms with Crippen molar-refractivity contribution in [2.45, 2.75) is 31.3 Å². The molecule has 0 aliphatic rings. The van der Waals surface area contributed by atoms with Gasteiger partial charge in [0.25, 0.3) is 0 Å². The number of carbonyl (C=O) groups is 1. The van der Waals surface area contributed by atoms with Gasteiger partial charge in [-0.3, -0.25) is 4.79 Å². The molecule has 0 radical (unpaired) electrons. The number of hydrogen-bond donors (Lipinski definition) is 2. The maximum atomic E-state index is 12.7. The molecule has 0 spiro atoms. The number of ether oxygens (including phenoxy) is 1. The Hall–Kier alpha value is -1.51. The summed E-state index contributed by atoms with van der Waals surface area (Å²) >= 11 is 17.8. The quantitative estimate of drug-likeness (QED) is 0.616. The molecular formula is C18H19Cl3N2O4S. The van der Waals surface area contributed by atoms with Crippen LogP contribution in [0.1, 0.15) is 19.4 Å². The molecule has 2 aromatic rings. The molecule has 2 aromatic carbocycles. The van der Waals surface area contributed by atoms with E-state index in [0.29, 0.717) is 15.6 Å². The van der Waals surface area contributed by atoms with Gasteiger partial charge >= 0.3 is 0 Å². The van der Waals surface area contributed by atoms with Crippen LogP contribution in [0.15, 0.2) is 41.3 Å². The van der Waals surface area contributed by atoms with E-state index in [2.05, 4.69) is 10.0 Å². The Bertz CT molecular complexity index is 967. The molecule has 152 valence electrons. The van der Waals surface area contributed by atoms with Crippen molar-refractivity contribution in [1.82, 2.24) is 10.0 Å². The molecule has 0 aromatic heterocycles. The minimum atomic E-state index is -4.04. The third-order valence-corrected chi connectivity index (χ3v) is 6.07. The molecule has 0 heterocycles. The summed E-state index contributed by atoms with van der Waals surface area (Å²) in [5.41, 5.74) is 0.656. The number of amides is 1. The first-order valence-electron chi connectivity index (χ1n) is 8.30. The lowest BCUT2D eigenvalue weighted by Crippen LogP contribution is -2.44. The monoisotopic (exact) mass is 464 g/mol. The number of rotatable bonds is 8. The van der Waals surface area contributed by atoms with E-state index in [9.17, 15) is 13.2 Å². The van der Waals surface area contributed by atoms with Gasteiger partial charge in [0.2, 0.25) is 15.9 Å². The van der Waals surface area contributed by atoms with E-state index in [1.54, 1.807) is 25.1 Å². The Kier molecular flexibility index (Phi) is 7.97. The van der Waals surface area contributed by atoms with Crippen LogP contribution in [0.4, 0.5) is 0 Å².